The van der Waals surface area contributed by atoms with Gasteiger partial charge in [0.05, 0.1) is 0 Å². The van der Waals surface area contributed by atoms with Crippen molar-refractivity contribution in [3.63, 3.8) is 0 Å². The minimum absolute atomic E-state index is 0. The summed E-state index contributed by atoms with van der Waals surface area (Å²) in [6.07, 6.45) is 20.3. The molecule has 23 heavy (non-hydrogen) atoms. The van der Waals surface area contributed by atoms with E-state index in [9.17, 15) is 0 Å². The van der Waals surface area contributed by atoms with Crippen LogP contribution in [0.4, 0.5) is 0 Å². The van der Waals surface area contributed by atoms with Crippen LogP contribution in [-0.4, -0.2) is 5.25 Å². The first-order valence-electron chi connectivity index (χ1n) is 6.66. The van der Waals surface area contributed by atoms with Gasteiger partial charge in [-0.15, -0.1) is 25.1 Å². The first-order chi connectivity index (χ1) is 9.65. The summed E-state index contributed by atoms with van der Waals surface area (Å²) < 4.78 is 1.12. The van der Waals surface area contributed by atoms with E-state index < -0.39 is 0 Å². The predicted molar refractivity (Wildman–Crippen MR) is 91.3 cm³/mol. The summed E-state index contributed by atoms with van der Waals surface area (Å²) in [6.45, 7) is 4.36. The molecule has 0 fully saturated rings. The van der Waals surface area contributed by atoms with Gasteiger partial charge in [-0.05, 0) is 16.3 Å². The molecule has 0 amide bonds. The SMILES string of the molecule is CC1=CC2=CC3SC(Br)=[C-]C3=C(C)C2=C1.[C-]1=CC=CC1.[Cl-].[Cl-].[Zr+4]. The molecule has 1 aliphatic heterocycles. The van der Waals surface area contributed by atoms with Crippen LogP contribution >= 0.6 is 27.7 Å². The second kappa shape index (κ2) is 10.5. The van der Waals surface area contributed by atoms with Gasteiger partial charge in [0, 0.05) is 5.25 Å². The van der Waals surface area contributed by atoms with E-state index in [0.717, 1.165) is 10.2 Å². The molecule has 1 atom stereocenters. The maximum Gasteiger partial charge on any atom is 4.00 e. The predicted octanol–water partition coefficient (Wildman–Crippen LogP) is -0.405. The van der Waals surface area contributed by atoms with Crippen molar-refractivity contribution < 1.29 is 51.0 Å². The quantitative estimate of drug-likeness (QED) is 0.404. The minimum atomic E-state index is 0. The van der Waals surface area contributed by atoms with Gasteiger partial charge in [0.1, 0.15) is 0 Å². The average Bonchev–Trinajstić information content (AvgIpc) is 3.10. The number of hydrogen-bond donors (Lipinski definition) is 0. The number of hydrogen-bond acceptors (Lipinski definition) is 1. The third kappa shape index (κ3) is 5.48. The Morgan fingerprint density at radius 3 is 2.52 bits per heavy atom. The maximum absolute atomic E-state index is 3.52. The fourth-order valence-corrected chi connectivity index (χ4v) is 4.37. The van der Waals surface area contributed by atoms with Crippen LogP contribution in [0.2, 0.25) is 0 Å². The number of fused-ring (bicyclic) bond motifs is 2. The van der Waals surface area contributed by atoms with Crippen molar-refractivity contribution in [2.45, 2.75) is 25.5 Å². The van der Waals surface area contributed by atoms with Crippen LogP contribution in [0.15, 0.2) is 68.1 Å². The molecule has 0 nitrogen and oxygen atoms in total. The monoisotopic (exact) mass is 502 g/mol. The molecule has 0 spiro atoms. The van der Waals surface area contributed by atoms with Gasteiger partial charge in [0.15, 0.2) is 0 Å². The van der Waals surface area contributed by atoms with Gasteiger partial charge in [-0.2, -0.15) is 17.2 Å². The summed E-state index contributed by atoms with van der Waals surface area (Å²) >= 11 is 5.35. The molecule has 1 heterocycles. The Labute approximate surface area is 183 Å². The maximum atomic E-state index is 3.52. The van der Waals surface area contributed by atoms with E-state index in [1.165, 1.54) is 27.9 Å². The fourth-order valence-electron chi connectivity index (χ4n) is 2.59. The molecule has 1 unspecified atom stereocenters. The number of halogens is 3. The summed E-state index contributed by atoms with van der Waals surface area (Å²) in [5, 5.41) is 0.466. The van der Waals surface area contributed by atoms with Crippen LogP contribution in [0.3, 0.4) is 0 Å². The van der Waals surface area contributed by atoms with Crippen molar-refractivity contribution in [2.75, 3.05) is 0 Å². The average molecular weight is 505 g/mol. The van der Waals surface area contributed by atoms with Crippen molar-refractivity contribution in [1.29, 1.82) is 0 Å². The van der Waals surface area contributed by atoms with Crippen molar-refractivity contribution in [1.82, 2.24) is 0 Å². The van der Waals surface area contributed by atoms with Crippen molar-refractivity contribution in [3.8, 4) is 0 Å². The van der Waals surface area contributed by atoms with Gasteiger partial charge in [-0.1, -0.05) is 45.3 Å². The molecule has 0 aromatic rings. The molecule has 0 N–H and O–H groups in total. The topological polar surface area (TPSA) is 0 Å². The van der Waals surface area contributed by atoms with E-state index in [0.29, 0.717) is 5.25 Å². The first kappa shape index (κ1) is 23.5. The number of thioether (sulfide) groups is 1. The van der Waals surface area contributed by atoms with Crippen LogP contribution in [0, 0.1) is 12.2 Å². The van der Waals surface area contributed by atoms with Gasteiger partial charge < -0.3 is 24.8 Å². The molecule has 0 aromatic heterocycles. The molecule has 0 saturated carbocycles. The normalized spacial score (nSPS) is 22.1. The van der Waals surface area contributed by atoms with E-state index in [1.807, 2.05) is 23.9 Å². The summed E-state index contributed by atoms with van der Waals surface area (Å²) in [7, 11) is 0. The summed E-state index contributed by atoms with van der Waals surface area (Å²) in [5.41, 5.74) is 6.84. The molecule has 4 rings (SSSR count). The van der Waals surface area contributed by atoms with Gasteiger partial charge in [-0.25, -0.2) is 18.2 Å². The Balaban J connectivity index is 0.000000529. The van der Waals surface area contributed by atoms with Gasteiger partial charge >= 0.3 is 26.2 Å². The Hall–Kier alpha value is 0.473. The smallest absolute Gasteiger partial charge is 1.00 e. The fraction of sp³-hybridized carbons (Fsp3) is 0.222. The van der Waals surface area contributed by atoms with E-state index in [4.69, 9.17) is 0 Å². The zero-order valence-electron chi connectivity index (χ0n) is 12.8. The van der Waals surface area contributed by atoms with E-state index in [1.54, 1.807) is 0 Å². The molecule has 118 valence electrons. The van der Waals surface area contributed by atoms with Gasteiger partial charge in [-0.3, -0.25) is 6.08 Å². The van der Waals surface area contributed by atoms with E-state index >= 15 is 0 Å². The van der Waals surface area contributed by atoms with Gasteiger partial charge in [0.2, 0.25) is 0 Å². The first-order valence-corrected chi connectivity index (χ1v) is 8.33. The van der Waals surface area contributed by atoms with Crippen LogP contribution < -0.4 is 24.8 Å². The molecule has 0 saturated heterocycles. The third-order valence-corrected chi connectivity index (χ3v) is 5.23. The zero-order chi connectivity index (χ0) is 14.1. The summed E-state index contributed by atoms with van der Waals surface area (Å²) in [4.78, 5) is 0. The third-order valence-electron chi connectivity index (χ3n) is 3.54. The second-order valence-corrected chi connectivity index (χ2v) is 7.52. The number of rotatable bonds is 0. The Kier molecular flexibility index (Phi) is 10.7. The van der Waals surface area contributed by atoms with Crippen molar-refractivity contribution in [2.24, 2.45) is 0 Å². The minimum Gasteiger partial charge on any atom is -1.00 e. The zero-order valence-corrected chi connectivity index (χ0v) is 19.2. The van der Waals surface area contributed by atoms with Crippen molar-refractivity contribution in [3.05, 3.63) is 80.3 Å². The Morgan fingerprint density at radius 2 is 1.96 bits per heavy atom. The molecule has 3 aliphatic carbocycles. The van der Waals surface area contributed by atoms with Crippen molar-refractivity contribution >= 4 is 27.7 Å². The molecular formula is C18H15BrCl2SZr. The Morgan fingerprint density at radius 1 is 1.22 bits per heavy atom. The number of allylic oxidation sites excluding steroid dienone is 11. The van der Waals surface area contributed by atoms with E-state index in [2.05, 4.69) is 66.2 Å². The van der Waals surface area contributed by atoms with E-state index in [-0.39, 0.29) is 51.0 Å². The molecule has 4 aliphatic rings. The summed E-state index contributed by atoms with van der Waals surface area (Å²) in [6, 6.07) is 0. The largest absolute Gasteiger partial charge is 4.00 e. The standard InChI is InChI=1S/C13H10BrS.C5H5.2ClH.Zr/c1-7-3-9-5-12-11(6-13(14)15-12)8(2)10(9)4-7;1-2-4-5-3-1;;;/h3-5,12H,1-2H3;1-3H,4H2;2*1H;/q2*-1;;;+4/p-2. The molecule has 0 aromatic carbocycles. The van der Waals surface area contributed by atoms with Gasteiger partial charge in [0.25, 0.3) is 0 Å². The molecule has 0 bridgehead atoms. The Bertz CT molecular complexity index is 657. The molecule has 0 radical (unpaired) electrons. The molecule has 5 heteroatoms. The summed E-state index contributed by atoms with van der Waals surface area (Å²) in [5.74, 6) is 0. The second-order valence-electron chi connectivity index (χ2n) is 5.05. The van der Waals surface area contributed by atoms with Crippen LogP contribution in [0.1, 0.15) is 20.3 Å². The molecular weight excluding hydrogens is 490 g/mol. The van der Waals surface area contributed by atoms with Crippen LogP contribution in [0.5, 0.6) is 0 Å². The van der Waals surface area contributed by atoms with Crippen LogP contribution in [-0.2, 0) is 26.2 Å². The van der Waals surface area contributed by atoms with Crippen LogP contribution in [0.25, 0.3) is 0 Å².